The van der Waals surface area contributed by atoms with Gasteiger partial charge in [0.15, 0.2) is 0 Å². The van der Waals surface area contributed by atoms with E-state index in [1.165, 1.54) is 12.8 Å². The maximum Gasteiger partial charge on any atom is 0.0491 e. The smallest absolute Gasteiger partial charge is 0.0491 e. The number of hydrogen-bond acceptors (Lipinski definition) is 2. The van der Waals surface area contributed by atoms with Crippen molar-refractivity contribution in [1.29, 1.82) is 0 Å². The lowest BCUT2D eigenvalue weighted by Crippen LogP contribution is -2.24. The summed E-state index contributed by atoms with van der Waals surface area (Å²) < 4.78 is 12.4. The zero-order valence-corrected chi connectivity index (χ0v) is 12.1. The van der Waals surface area contributed by atoms with Gasteiger partial charge in [-0.05, 0) is 42.9 Å². The summed E-state index contributed by atoms with van der Waals surface area (Å²) in [6, 6.07) is 5.92. The van der Waals surface area contributed by atoms with Gasteiger partial charge < -0.3 is 5.73 Å². The van der Waals surface area contributed by atoms with E-state index < -0.39 is 10.8 Å². The fourth-order valence-electron chi connectivity index (χ4n) is 2.75. The zero-order chi connectivity index (χ0) is 13.1. The summed E-state index contributed by atoms with van der Waals surface area (Å²) in [5.74, 6) is 1.39. The number of hydrogen-bond donors (Lipinski definition) is 1. The highest BCUT2D eigenvalue weighted by Gasteiger charge is 2.24. The predicted molar refractivity (Wildman–Crippen MR) is 78.9 cm³/mol. The Morgan fingerprint density at radius 1 is 1.39 bits per heavy atom. The van der Waals surface area contributed by atoms with E-state index in [1.807, 2.05) is 19.1 Å². The molecule has 0 radical (unpaired) electrons. The van der Waals surface area contributed by atoms with Crippen molar-refractivity contribution in [2.24, 2.45) is 5.92 Å². The Morgan fingerprint density at radius 2 is 2.17 bits per heavy atom. The van der Waals surface area contributed by atoms with Crippen LogP contribution in [0.1, 0.15) is 43.7 Å². The van der Waals surface area contributed by atoms with Gasteiger partial charge in [0, 0.05) is 27.5 Å². The minimum Gasteiger partial charge on any atom is -0.399 e. The van der Waals surface area contributed by atoms with Crippen LogP contribution in [0.2, 0.25) is 0 Å². The second-order valence-electron chi connectivity index (χ2n) is 5.55. The molecule has 1 fully saturated rings. The standard InChI is InChI=1S/C15H23NOS/c1-11-5-3-7-14(9-11)18(17)10-13-6-4-8-15(16)12(13)2/h4,6,8,11,14H,3,5,7,9-10,16H2,1-2H3. The van der Waals surface area contributed by atoms with Crippen molar-refractivity contribution in [2.75, 3.05) is 5.73 Å². The van der Waals surface area contributed by atoms with Gasteiger partial charge in [-0.25, -0.2) is 0 Å². The summed E-state index contributed by atoms with van der Waals surface area (Å²) >= 11 is 0. The number of rotatable bonds is 3. The van der Waals surface area contributed by atoms with Crippen molar-refractivity contribution < 1.29 is 4.21 Å². The quantitative estimate of drug-likeness (QED) is 0.851. The summed E-state index contributed by atoms with van der Waals surface area (Å²) in [7, 11) is -0.752. The molecule has 1 aromatic rings. The Bertz CT molecular complexity index is 444. The molecular weight excluding hydrogens is 242 g/mol. The Balaban J connectivity index is 2.04. The van der Waals surface area contributed by atoms with Crippen molar-refractivity contribution in [3.63, 3.8) is 0 Å². The number of nitrogens with two attached hydrogens (primary N) is 1. The molecule has 0 heterocycles. The molecule has 0 aliphatic heterocycles. The predicted octanol–water partition coefficient (Wildman–Crippen LogP) is 3.40. The van der Waals surface area contributed by atoms with Crippen LogP contribution in [0.5, 0.6) is 0 Å². The Labute approximate surface area is 112 Å². The van der Waals surface area contributed by atoms with E-state index in [9.17, 15) is 4.21 Å². The summed E-state index contributed by atoms with van der Waals surface area (Å²) in [6.45, 7) is 4.29. The average molecular weight is 265 g/mol. The maximum atomic E-state index is 12.4. The van der Waals surface area contributed by atoms with Crippen molar-refractivity contribution >= 4 is 16.5 Å². The zero-order valence-electron chi connectivity index (χ0n) is 11.3. The molecule has 3 heteroatoms. The molecule has 18 heavy (non-hydrogen) atoms. The first-order valence-electron chi connectivity index (χ1n) is 6.79. The third-order valence-electron chi connectivity index (χ3n) is 4.05. The van der Waals surface area contributed by atoms with Gasteiger partial charge in [0.2, 0.25) is 0 Å². The highest BCUT2D eigenvalue weighted by atomic mass is 32.2. The second-order valence-corrected chi connectivity index (χ2v) is 7.27. The average Bonchev–Trinajstić information content (AvgIpc) is 2.35. The fourth-order valence-corrected chi connectivity index (χ4v) is 4.58. The molecule has 0 bridgehead atoms. The van der Waals surface area contributed by atoms with Crippen LogP contribution >= 0.6 is 0 Å². The SMILES string of the molecule is Cc1c(N)cccc1CS(=O)C1CCCC(C)C1. The molecular formula is C15H23NOS. The summed E-state index contributed by atoms with van der Waals surface area (Å²) in [5.41, 5.74) is 8.94. The highest BCUT2D eigenvalue weighted by molar-refractivity contribution is 7.84. The lowest BCUT2D eigenvalue weighted by molar-refractivity contribution is 0.389. The van der Waals surface area contributed by atoms with E-state index in [0.717, 1.165) is 35.6 Å². The van der Waals surface area contributed by atoms with Gasteiger partial charge in [0.1, 0.15) is 0 Å². The van der Waals surface area contributed by atoms with Gasteiger partial charge in [-0.15, -0.1) is 0 Å². The van der Waals surface area contributed by atoms with E-state index in [-0.39, 0.29) is 0 Å². The van der Waals surface area contributed by atoms with E-state index in [1.54, 1.807) is 0 Å². The highest BCUT2D eigenvalue weighted by Crippen LogP contribution is 2.29. The van der Waals surface area contributed by atoms with E-state index >= 15 is 0 Å². The molecule has 0 spiro atoms. The normalized spacial score (nSPS) is 25.9. The molecule has 2 N–H and O–H groups in total. The van der Waals surface area contributed by atoms with E-state index in [4.69, 9.17) is 5.73 Å². The molecule has 1 aliphatic rings. The molecule has 0 aromatic heterocycles. The van der Waals surface area contributed by atoms with Crippen molar-refractivity contribution in [2.45, 2.75) is 50.5 Å². The second kappa shape index (κ2) is 5.87. The third kappa shape index (κ3) is 3.14. The van der Waals surface area contributed by atoms with Crippen LogP contribution in [0.3, 0.4) is 0 Å². The lowest BCUT2D eigenvalue weighted by atomic mass is 9.91. The van der Waals surface area contributed by atoms with Crippen LogP contribution in [0.25, 0.3) is 0 Å². The first-order valence-corrected chi connectivity index (χ1v) is 8.17. The third-order valence-corrected chi connectivity index (χ3v) is 5.81. The summed E-state index contributed by atoms with van der Waals surface area (Å²) in [4.78, 5) is 0. The van der Waals surface area contributed by atoms with Gasteiger partial charge in [0.05, 0.1) is 0 Å². The molecule has 2 rings (SSSR count). The van der Waals surface area contributed by atoms with E-state index in [0.29, 0.717) is 11.0 Å². The van der Waals surface area contributed by atoms with Crippen molar-refractivity contribution in [3.8, 4) is 0 Å². The monoisotopic (exact) mass is 265 g/mol. The molecule has 1 saturated carbocycles. The van der Waals surface area contributed by atoms with Crippen LogP contribution < -0.4 is 5.73 Å². The molecule has 3 atom stereocenters. The van der Waals surface area contributed by atoms with Crippen LogP contribution in [0.15, 0.2) is 18.2 Å². The topological polar surface area (TPSA) is 43.1 Å². The molecule has 100 valence electrons. The van der Waals surface area contributed by atoms with Gasteiger partial charge in [-0.3, -0.25) is 4.21 Å². The first kappa shape index (κ1) is 13.6. The Morgan fingerprint density at radius 3 is 2.89 bits per heavy atom. The maximum absolute atomic E-state index is 12.4. The molecule has 0 amide bonds. The van der Waals surface area contributed by atoms with Crippen LogP contribution in [-0.2, 0) is 16.6 Å². The largest absolute Gasteiger partial charge is 0.399 e. The molecule has 3 unspecified atom stereocenters. The molecule has 2 nitrogen and oxygen atoms in total. The Hall–Kier alpha value is -0.830. The van der Waals surface area contributed by atoms with Crippen LogP contribution in [0.4, 0.5) is 5.69 Å². The van der Waals surface area contributed by atoms with Gasteiger partial charge in [0.25, 0.3) is 0 Å². The van der Waals surface area contributed by atoms with Crippen LogP contribution in [0, 0.1) is 12.8 Å². The van der Waals surface area contributed by atoms with Gasteiger partial charge in [-0.2, -0.15) is 0 Å². The summed E-state index contributed by atoms with van der Waals surface area (Å²) in [6.07, 6.45) is 4.77. The van der Waals surface area contributed by atoms with E-state index in [2.05, 4.69) is 13.0 Å². The van der Waals surface area contributed by atoms with Crippen LogP contribution in [-0.4, -0.2) is 9.46 Å². The first-order chi connectivity index (χ1) is 8.58. The minimum absolute atomic E-state index is 0.384. The van der Waals surface area contributed by atoms with Crippen molar-refractivity contribution in [3.05, 3.63) is 29.3 Å². The van der Waals surface area contributed by atoms with Crippen molar-refractivity contribution in [1.82, 2.24) is 0 Å². The minimum atomic E-state index is -0.752. The number of benzene rings is 1. The fraction of sp³-hybridized carbons (Fsp3) is 0.600. The molecule has 1 aromatic carbocycles. The number of anilines is 1. The molecule has 0 saturated heterocycles. The number of nitrogen functional groups attached to an aromatic ring is 1. The molecule has 1 aliphatic carbocycles. The van der Waals surface area contributed by atoms with Gasteiger partial charge >= 0.3 is 0 Å². The summed E-state index contributed by atoms with van der Waals surface area (Å²) in [5, 5.41) is 0.384. The lowest BCUT2D eigenvalue weighted by Gasteiger charge is -2.26. The van der Waals surface area contributed by atoms with Gasteiger partial charge in [-0.1, -0.05) is 31.9 Å². The Kier molecular flexibility index (Phi) is 4.44.